The summed E-state index contributed by atoms with van der Waals surface area (Å²) in [5.41, 5.74) is -0.789. The van der Waals surface area contributed by atoms with Crippen molar-refractivity contribution in [3.05, 3.63) is 23.5 Å². The molecule has 0 radical (unpaired) electrons. The molecule has 2 N–H and O–H groups in total. The van der Waals surface area contributed by atoms with Gasteiger partial charge in [-0.3, -0.25) is 4.72 Å². The third-order valence-corrected chi connectivity index (χ3v) is 4.08. The number of hydrogen-bond acceptors (Lipinski definition) is 5. The fourth-order valence-electron chi connectivity index (χ4n) is 1.55. The Kier molecular flexibility index (Phi) is 5.50. The second-order valence-corrected chi connectivity index (χ2v) is 6.03. The molecule has 1 aromatic rings. The van der Waals surface area contributed by atoms with Crippen LogP contribution >= 0.6 is 0 Å². The van der Waals surface area contributed by atoms with Gasteiger partial charge in [-0.1, -0.05) is 0 Å². The number of hydrogen-bond donors (Lipinski definition) is 2. The molecule has 0 heterocycles. The van der Waals surface area contributed by atoms with Gasteiger partial charge in [-0.05, 0) is 13.0 Å². The Labute approximate surface area is 121 Å². The van der Waals surface area contributed by atoms with Crippen LogP contribution in [0, 0.1) is 5.82 Å². The average molecular weight is 321 g/mol. The number of nitrogens with one attached hydrogen (secondary N) is 1. The number of benzene rings is 1. The molecule has 21 heavy (non-hydrogen) atoms. The lowest BCUT2D eigenvalue weighted by Gasteiger charge is -2.15. The zero-order chi connectivity index (χ0) is 16.2. The lowest BCUT2D eigenvalue weighted by Crippen LogP contribution is -2.25. The van der Waals surface area contributed by atoms with E-state index >= 15 is 0 Å². The van der Waals surface area contributed by atoms with Crippen molar-refractivity contribution in [2.75, 3.05) is 24.7 Å². The van der Waals surface area contributed by atoms with Gasteiger partial charge in [0.1, 0.15) is 11.6 Å². The first-order chi connectivity index (χ1) is 9.70. The number of carbonyl (C=O) groups is 1. The van der Waals surface area contributed by atoms with Crippen molar-refractivity contribution in [1.82, 2.24) is 0 Å². The Balaban J connectivity index is 3.14. The molecule has 7 nitrogen and oxygen atoms in total. The summed E-state index contributed by atoms with van der Waals surface area (Å²) >= 11 is 0. The van der Waals surface area contributed by atoms with Gasteiger partial charge >= 0.3 is 5.97 Å². The van der Waals surface area contributed by atoms with Crippen molar-refractivity contribution in [2.45, 2.75) is 13.0 Å². The smallest absolute Gasteiger partial charge is 0.338 e. The second-order valence-electron chi connectivity index (χ2n) is 4.27. The predicted octanol–water partition coefficient (Wildman–Crippen LogP) is 1.31. The first-order valence-electron chi connectivity index (χ1n) is 5.84. The monoisotopic (exact) mass is 321 g/mol. The van der Waals surface area contributed by atoms with E-state index in [1.165, 1.54) is 14.2 Å². The highest BCUT2D eigenvalue weighted by atomic mass is 32.2. The second kappa shape index (κ2) is 6.72. The SMILES string of the molecule is COc1cc(C(=O)O)c(F)cc1NS(=O)(=O)CC(C)OC. The molecule has 0 saturated heterocycles. The largest absolute Gasteiger partial charge is 0.495 e. The molecule has 0 spiro atoms. The van der Waals surface area contributed by atoms with Crippen LogP contribution in [0.4, 0.5) is 10.1 Å². The highest BCUT2D eigenvalue weighted by Crippen LogP contribution is 2.29. The number of rotatable bonds is 7. The molecule has 1 aromatic carbocycles. The Hall–Kier alpha value is -1.87. The lowest BCUT2D eigenvalue weighted by molar-refractivity contribution is 0.0691. The maximum atomic E-state index is 13.6. The molecule has 0 fully saturated rings. The summed E-state index contributed by atoms with van der Waals surface area (Å²) in [7, 11) is -1.22. The van der Waals surface area contributed by atoms with Crippen LogP contribution in [0.25, 0.3) is 0 Å². The Bertz CT molecular complexity index is 631. The zero-order valence-electron chi connectivity index (χ0n) is 11.7. The number of carboxylic acids is 1. The Morgan fingerprint density at radius 1 is 1.43 bits per heavy atom. The van der Waals surface area contributed by atoms with E-state index < -0.39 is 33.5 Å². The molecule has 1 unspecified atom stereocenters. The quantitative estimate of drug-likeness (QED) is 0.785. The van der Waals surface area contributed by atoms with Crippen LogP contribution in [0.15, 0.2) is 12.1 Å². The van der Waals surface area contributed by atoms with Crippen molar-refractivity contribution in [1.29, 1.82) is 0 Å². The van der Waals surface area contributed by atoms with Crippen molar-refractivity contribution < 1.29 is 32.2 Å². The summed E-state index contributed by atoms with van der Waals surface area (Å²) in [6.45, 7) is 1.56. The minimum Gasteiger partial charge on any atom is -0.495 e. The van der Waals surface area contributed by atoms with Crippen LogP contribution in [0.2, 0.25) is 0 Å². The van der Waals surface area contributed by atoms with Crippen molar-refractivity contribution in [2.24, 2.45) is 0 Å². The zero-order valence-corrected chi connectivity index (χ0v) is 12.5. The number of ether oxygens (including phenoxy) is 2. The van der Waals surface area contributed by atoms with Crippen LogP contribution < -0.4 is 9.46 Å². The summed E-state index contributed by atoms with van der Waals surface area (Å²) in [4.78, 5) is 10.8. The van der Waals surface area contributed by atoms with E-state index in [0.717, 1.165) is 12.1 Å². The van der Waals surface area contributed by atoms with E-state index in [1.54, 1.807) is 6.92 Å². The van der Waals surface area contributed by atoms with Crippen molar-refractivity contribution in [3.63, 3.8) is 0 Å². The molecule has 118 valence electrons. The fraction of sp³-hybridized carbons (Fsp3) is 0.417. The topological polar surface area (TPSA) is 102 Å². The average Bonchev–Trinajstić information content (AvgIpc) is 2.37. The number of aromatic carboxylic acids is 1. The van der Waals surface area contributed by atoms with E-state index in [0.29, 0.717) is 0 Å². The summed E-state index contributed by atoms with van der Waals surface area (Å²) in [5, 5.41) is 8.81. The molecule has 1 rings (SSSR count). The predicted molar refractivity (Wildman–Crippen MR) is 73.8 cm³/mol. The van der Waals surface area contributed by atoms with Gasteiger partial charge < -0.3 is 14.6 Å². The van der Waals surface area contributed by atoms with Crippen molar-refractivity contribution in [3.8, 4) is 5.75 Å². The summed E-state index contributed by atoms with van der Waals surface area (Å²) in [6.07, 6.45) is -0.559. The summed E-state index contributed by atoms with van der Waals surface area (Å²) in [5.74, 6) is -2.98. The molecular formula is C12H16FNO6S. The van der Waals surface area contributed by atoms with Crippen LogP contribution in [-0.4, -0.2) is 45.6 Å². The van der Waals surface area contributed by atoms with Gasteiger partial charge in [-0.25, -0.2) is 17.6 Å². The van der Waals surface area contributed by atoms with E-state index in [-0.39, 0.29) is 17.2 Å². The molecule has 9 heteroatoms. The van der Waals surface area contributed by atoms with Crippen LogP contribution in [0.5, 0.6) is 5.75 Å². The molecule has 0 aromatic heterocycles. The van der Waals surface area contributed by atoms with Gasteiger partial charge in [-0.15, -0.1) is 0 Å². The van der Waals surface area contributed by atoms with Crippen LogP contribution in [0.3, 0.4) is 0 Å². The first kappa shape index (κ1) is 17.2. The van der Waals surface area contributed by atoms with Gasteiger partial charge in [-0.2, -0.15) is 0 Å². The Morgan fingerprint density at radius 2 is 2.05 bits per heavy atom. The number of sulfonamides is 1. The molecule has 0 bridgehead atoms. The van der Waals surface area contributed by atoms with Gasteiger partial charge in [0.25, 0.3) is 0 Å². The highest BCUT2D eigenvalue weighted by Gasteiger charge is 2.21. The minimum atomic E-state index is -3.80. The molecule has 0 amide bonds. The fourth-order valence-corrected chi connectivity index (χ4v) is 2.88. The highest BCUT2D eigenvalue weighted by molar-refractivity contribution is 7.92. The molecule has 1 atom stereocenters. The minimum absolute atomic E-state index is 0.0950. The number of anilines is 1. The van der Waals surface area contributed by atoms with E-state index in [4.69, 9.17) is 14.6 Å². The summed E-state index contributed by atoms with van der Waals surface area (Å²) in [6, 6.07) is 1.67. The molecular weight excluding hydrogens is 305 g/mol. The number of carboxylic acid groups (broad SMARTS) is 1. The van der Waals surface area contributed by atoms with E-state index in [9.17, 15) is 17.6 Å². The van der Waals surface area contributed by atoms with E-state index in [1.807, 2.05) is 0 Å². The third kappa shape index (κ3) is 4.57. The van der Waals surface area contributed by atoms with Crippen LogP contribution in [-0.2, 0) is 14.8 Å². The molecule has 0 saturated carbocycles. The van der Waals surface area contributed by atoms with Gasteiger partial charge in [0.15, 0.2) is 0 Å². The number of methoxy groups -OCH3 is 2. The standard InChI is InChI=1S/C12H16FNO6S/c1-7(19-2)6-21(17,18)14-10-5-9(13)8(12(15)16)4-11(10)20-3/h4-5,7,14H,6H2,1-3H3,(H,15,16). The maximum absolute atomic E-state index is 13.6. The molecule has 0 aliphatic carbocycles. The normalized spacial score (nSPS) is 12.8. The van der Waals surface area contributed by atoms with Gasteiger partial charge in [0, 0.05) is 13.2 Å². The van der Waals surface area contributed by atoms with Crippen LogP contribution in [0.1, 0.15) is 17.3 Å². The molecule has 0 aliphatic rings. The third-order valence-electron chi connectivity index (χ3n) is 2.64. The number of halogens is 1. The maximum Gasteiger partial charge on any atom is 0.338 e. The van der Waals surface area contributed by atoms with Gasteiger partial charge in [0.05, 0.1) is 30.2 Å². The Morgan fingerprint density at radius 3 is 2.52 bits per heavy atom. The first-order valence-corrected chi connectivity index (χ1v) is 7.49. The molecule has 0 aliphatic heterocycles. The van der Waals surface area contributed by atoms with Gasteiger partial charge in [0.2, 0.25) is 10.0 Å². The summed E-state index contributed by atoms with van der Waals surface area (Å²) < 4.78 is 49.3. The van der Waals surface area contributed by atoms with Crippen molar-refractivity contribution >= 4 is 21.7 Å². The lowest BCUT2D eigenvalue weighted by atomic mass is 10.2. The van der Waals surface area contributed by atoms with E-state index in [2.05, 4.69) is 4.72 Å².